The summed E-state index contributed by atoms with van der Waals surface area (Å²) in [5, 5.41) is 6.97. The predicted molar refractivity (Wildman–Crippen MR) is 101 cm³/mol. The highest BCUT2D eigenvalue weighted by Crippen LogP contribution is 2.29. The number of methoxy groups -OCH3 is 1. The third-order valence-electron chi connectivity index (χ3n) is 4.23. The van der Waals surface area contributed by atoms with Gasteiger partial charge in [0.05, 0.1) is 26.0 Å². The van der Waals surface area contributed by atoms with Crippen molar-refractivity contribution in [3.63, 3.8) is 0 Å². The zero-order valence-electron chi connectivity index (χ0n) is 14.9. The molecule has 0 atom stereocenters. The highest BCUT2D eigenvalue weighted by molar-refractivity contribution is 6.01. The van der Waals surface area contributed by atoms with Gasteiger partial charge in [-0.2, -0.15) is 5.10 Å². The lowest BCUT2D eigenvalue weighted by Crippen LogP contribution is -2.26. The highest BCUT2D eigenvalue weighted by Gasteiger charge is 2.16. The van der Waals surface area contributed by atoms with Crippen molar-refractivity contribution >= 4 is 11.4 Å². The van der Waals surface area contributed by atoms with Crippen LogP contribution in [0.2, 0.25) is 0 Å². The predicted octanol–water partition coefficient (Wildman–Crippen LogP) is 3.68. The largest absolute Gasteiger partial charge is 0.493 e. The number of ether oxygens (including phenoxy) is 2. The number of benzene rings is 2. The zero-order valence-corrected chi connectivity index (χ0v) is 14.9. The van der Waals surface area contributed by atoms with Gasteiger partial charge in [0, 0.05) is 17.8 Å². The quantitative estimate of drug-likeness (QED) is 0.816. The molecule has 0 spiro atoms. The molecule has 0 aliphatic carbocycles. The van der Waals surface area contributed by atoms with Gasteiger partial charge in [0.25, 0.3) is 0 Å². The molecule has 0 radical (unpaired) electrons. The summed E-state index contributed by atoms with van der Waals surface area (Å²) in [5.74, 6) is 1.52. The maximum atomic E-state index is 5.76. The minimum Gasteiger partial charge on any atom is -0.493 e. The lowest BCUT2D eigenvalue weighted by Gasteiger charge is -2.26. The van der Waals surface area contributed by atoms with Gasteiger partial charge in [-0.3, -0.25) is 5.01 Å². The van der Waals surface area contributed by atoms with Crippen LogP contribution in [0.1, 0.15) is 30.9 Å². The van der Waals surface area contributed by atoms with Crippen molar-refractivity contribution in [1.29, 1.82) is 0 Å². The van der Waals surface area contributed by atoms with E-state index in [4.69, 9.17) is 20.3 Å². The summed E-state index contributed by atoms with van der Waals surface area (Å²) in [6.07, 6.45) is 2.06. The van der Waals surface area contributed by atoms with E-state index in [1.165, 1.54) is 5.56 Å². The molecule has 1 aliphatic heterocycles. The highest BCUT2D eigenvalue weighted by atomic mass is 16.5. The molecule has 132 valence electrons. The molecule has 0 fully saturated rings. The Kier molecular flexibility index (Phi) is 5.43. The zero-order chi connectivity index (χ0) is 17.6. The maximum Gasteiger partial charge on any atom is 0.161 e. The Morgan fingerprint density at radius 3 is 2.64 bits per heavy atom. The Morgan fingerprint density at radius 1 is 1.12 bits per heavy atom. The Labute approximate surface area is 149 Å². The van der Waals surface area contributed by atoms with Crippen molar-refractivity contribution in [3.05, 3.63) is 53.6 Å². The Hall–Kier alpha value is -2.69. The molecule has 1 aliphatic rings. The van der Waals surface area contributed by atoms with Crippen LogP contribution in [0.4, 0.5) is 5.69 Å². The molecular formula is C20H25N3O2. The molecule has 5 nitrogen and oxygen atoms in total. The summed E-state index contributed by atoms with van der Waals surface area (Å²) in [5.41, 5.74) is 9.93. The van der Waals surface area contributed by atoms with E-state index in [2.05, 4.69) is 17.1 Å². The molecule has 3 rings (SSSR count). The fraction of sp³-hybridized carbons (Fsp3) is 0.350. The number of anilines is 1. The fourth-order valence-electron chi connectivity index (χ4n) is 2.97. The van der Waals surface area contributed by atoms with Crippen molar-refractivity contribution in [3.8, 4) is 11.5 Å². The lowest BCUT2D eigenvalue weighted by atomic mass is 10.0. The number of nitrogens with two attached hydrogens (primary N) is 1. The molecule has 0 amide bonds. The summed E-state index contributed by atoms with van der Waals surface area (Å²) in [7, 11) is 1.66. The molecule has 2 aromatic rings. The Morgan fingerprint density at radius 2 is 1.92 bits per heavy atom. The van der Waals surface area contributed by atoms with Gasteiger partial charge in [-0.25, -0.2) is 0 Å². The standard InChI is InChI=1S/C20H25N3O2/c1-3-25-20-13-16(8-11-19(20)24-2)18-5-4-12-23(22-18)14-15-6-9-17(21)10-7-15/h6-11,13H,3-5,12,14,21H2,1-2H3. The minimum absolute atomic E-state index is 0.607. The second-order valence-electron chi connectivity index (χ2n) is 6.08. The van der Waals surface area contributed by atoms with Crippen LogP contribution >= 0.6 is 0 Å². The van der Waals surface area contributed by atoms with Crippen molar-refractivity contribution in [2.75, 3.05) is 26.0 Å². The molecule has 0 saturated heterocycles. The third-order valence-corrected chi connectivity index (χ3v) is 4.23. The molecule has 5 heteroatoms. The van der Waals surface area contributed by atoms with Crippen LogP contribution in [-0.4, -0.2) is 31.0 Å². The van der Waals surface area contributed by atoms with E-state index >= 15 is 0 Å². The number of hydrogen-bond donors (Lipinski definition) is 1. The number of hydrazone groups is 1. The summed E-state index contributed by atoms with van der Waals surface area (Å²) >= 11 is 0. The van der Waals surface area contributed by atoms with Gasteiger partial charge >= 0.3 is 0 Å². The normalized spacial score (nSPS) is 14.2. The first kappa shape index (κ1) is 17.1. The average Bonchev–Trinajstić information content (AvgIpc) is 2.64. The molecule has 2 N–H and O–H groups in total. The Bertz CT molecular complexity index is 741. The number of nitrogens with zero attached hydrogens (tertiary/aromatic N) is 2. The van der Waals surface area contributed by atoms with Crippen LogP contribution in [0.5, 0.6) is 11.5 Å². The van der Waals surface area contributed by atoms with Gasteiger partial charge < -0.3 is 15.2 Å². The van der Waals surface area contributed by atoms with E-state index in [0.717, 1.165) is 54.4 Å². The molecule has 0 aromatic heterocycles. The smallest absolute Gasteiger partial charge is 0.161 e. The van der Waals surface area contributed by atoms with E-state index in [0.29, 0.717) is 6.61 Å². The molecule has 1 heterocycles. The second-order valence-corrected chi connectivity index (χ2v) is 6.08. The molecular weight excluding hydrogens is 314 g/mol. The molecule has 0 unspecified atom stereocenters. The molecule has 2 aromatic carbocycles. The summed E-state index contributed by atoms with van der Waals surface area (Å²) in [4.78, 5) is 0. The van der Waals surface area contributed by atoms with Gasteiger partial charge in [0.1, 0.15) is 0 Å². The SMILES string of the molecule is CCOc1cc(C2=NN(Cc3ccc(N)cc3)CCC2)ccc1OC. The van der Waals surface area contributed by atoms with Crippen LogP contribution in [0.25, 0.3) is 0 Å². The average molecular weight is 339 g/mol. The van der Waals surface area contributed by atoms with E-state index in [9.17, 15) is 0 Å². The summed E-state index contributed by atoms with van der Waals surface area (Å²) in [6.45, 7) is 4.33. The first-order valence-electron chi connectivity index (χ1n) is 8.67. The topological polar surface area (TPSA) is 60.1 Å². The van der Waals surface area contributed by atoms with E-state index < -0.39 is 0 Å². The van der Waals surface area contributed by atoms with Crippen molar-refractivity contribution < 1.29 is 9.47 Å². The fourth-order valence-corrected chi connectivity index (χ4v) is 2.97. The molecule has 0 saturated carbocycles. The van der Waals surface area contributed by atoms with Gasteiger partial charge in [-0.15, -0.1) is 0 Å². The minimum atomic E-state index is 0.607. The van der Waals surface area contributed by atoms with Crippen LogP contribution in [-0.2, 0) is 6.54 Å². The van der Waals surface area contributed by atoms with Gasteiger partial charge in [-0.1, -0.05) is 12.1 Å². The van der Waals surface area contributed by atoms with E-state index in [-0.39, 0.29) is 0 Å². The van der Waals surface area contributed by atoms with Crippen LogP contribution in [0.15, 0.2) is 47.6 Å². The number of rotatable bonds is 6. The Balaban J connectivity index is 1.80. The summed E-state index contributed by atoms with van der Waals surface area (Å²) < 4.78 is 11.1. The molecule has 25 heavy (non-hydrogen) atoms. The molecule has 0 bridgehead atoms. The van der Waals surface area contributed by atoms with Crippen molar-refractivity contribution in [2.45, 2.75) is 26.3 Å². The monoisotopic (exact) mass is 339 g/mol. The van der Waals surface area contributed by atoms with E-state index in [1.54, 1.807) is 7.11 Å². The first-order chi connectivity index (χ1) is 12.2. The van der Waals surface area contributed by atoms with Gasteiger partial charge in [-0.05, 0) is 55.7 Å². The third kappa shape index (κ3) is 4.24. The number of nitrogen functional groups attached to an aromatic ring is 1. The maximum absolute atomic E-state index is 5.76. The summed E-state index contributed by atoms with van der Waals surface area (Å²) in [6, 6.07) is 14.0. The van der Waals surface area contributed by atoms with Crippen LogP contribution in [0, 0.1) is 0 Å². The van der Waals surface area contributed by atoms with Crippen LogP contribution in [0.3, 0.4) is 0 Å². The first-order valence-corrected chi connectivity index (χ1v) is 8.67. The van der Waals surface area contributed by atoms with Crippen molar-refractivity contribution in [2.24, 2.45) is 5.10 Å². The van der Waals surface area contributed by atoms with Gasteiger partial charge in [0.15, 0.2) is 11.5 Å². The van der Waals surface area contributed by atoms with Crippen LogP contribution < -0.4 is 15.2 Å². The lowest BCUT2D eigenvalue weighted by molar-refractivity contribution is 0.265. The second kappa shape index (κ2) is 7.92. The van der Waals surface area contributed by atoms with E-state index in [1.807, 2.05) is 37.3 Å². The van der Waals surface area contributed by atoms with Gasteiger partial charge in [0.2, 0.25) is 0 Å². The number of hydrogen-bond acceptors (Lipinski definition) is 5. The van der Waals surface area contributed by atoms with Crippen molar-refractivity contribution in [1.82, 2.24) is 5.01 Å².